The van der Waals surface area contributed by atoms with E-state index in [0.717, 1.165) is 6.42 Å². The molecule has 0 heterocycles. The molecule has 0 saturated carbocycles. The highest BCUT2D eigenvalue weighted by Gasteiger charge is 1.93. The van der Waals surface area contributed by atoms with Crippen molar-refractivity contribution in [3.05, 3.63) is 5.17 Å². The van der Waals surface area contributed by atoms with Gasteiger partial charge in [0.05, 0.1) is 1.59 Å². The van der Waals surface area contributed by atoms with Gasteiger partial charge in [0.15, 0.2) is 0 Å². The van der Waals surface area contributed by atoms with Crippen molar-refractivity contribution in [1.29, 1.82) is 0 Å². The first kappa shape index (κ1) is 9.89. The molecule has 0 saturated heterocycles. The van der Waals surface area contributed by atoms with Crippen molar-refractivity contribution >= 4 is 67.8 Å². The summed E-state index contributed by atoms with van der Waals surface area (Å²) in [6.07, 6.45) is 0.793. The summed E-state index contributed by atoms with van der Waals surface area (Å²) in [5.41, 5.74) is 0. The van der Waals surface area contributed by atoms with Gasteiger partial charge >= 0.3 is 0 Å². The monoisotopic (exact) mass is 450 g/mol. The molecule has 0 atom stereocenters. The van der Waals surface area contributed by atoms with E-state index >= 15 is 0 Å². The van der Waals surface area contributed by atoms with Gasteiger partial charge in [-0.2, -0.15) is 0 Å². The quantitative estimate of drug-likeness (QED) is 0.643. The number of halogens is 3. The van der Waals surface area contributed by atoms with Crippen molar-refractivity contribution in [3.8, 4) is 0 Å². The molecule has 48 valence electrons. The first-order valence-corrected chi connectivity index (χ1v) is 5.22. The van der Waals surface area contributed by atoms with Gasteiger partial charge in [-0.25, -0.2) is 0 Å². The van der Waals surface area contributed by atoms with Gasteiger partial charge in [0.2, 0.25) is 0 Å². The first-order valence-electron chi connectivity index (χ1n) is 1.99. The minimum atomic E-state index is 0.258. The van der Waals surface area contributed by atoms with E-state index in [1.165, 1.54) is 5.17 Å². The van der Waals surface area contributed by atoms with Gasteiger partial charge in [-0.15, -0.1) is 0 Å². The Labute approximate surface area is 89.7 Å². The molecular formula is C4H5I3O. The smallest absolute Gasteiger partial charge is 0.0607 e. The summed E-state index contributed by atoms with van der Waals surface area (Å²) in [4.78, 5) is 0. The average Bonchev–Trinajstić information content (AvgIpc) is 1.67. The Balaban J connectivity index is 3.62. The highest BCUT2D eigenvalue weighted by molar-refractivity contribution is 14.2. The lowest BCUT2D eigenvalue weighted by Crippen LogP contribution is -1.79. The Morgan fingerprint density at radius 2 is 1.75 bits per heavy atom. The van der Waals surface area contributed by atoms with Gasteiger partial charge in [-0.1, -0.05) is 0 Å². The molecule has 1 N–H and O–H groups in total. The molecule has 0 aliphatic carbocycles. The Hall–Kier alpha value is 1.89. The van der Waals surface area contributed by atoms with E-state index in [2.05, 4.69) is 67.8 Å². The normalized spacial score (nSPS) is 9.00. The maximum absolute atomic E-state index is 8.44. The first-order chi connectivity index (χ1) is 3.68. The fourth-order valence-electron chi connectivity index (χ4n) is 0.193. The summed E-state index contributed by atoms with van der Waals surface area (Å²) < 4.78 is 2.49. The molecule has 0 radical (unpaired) electrons. The van der Waals surface area contributed by atoms with Crippen molar-refractivity contribution in [2.45, 2.75) is 6.42 Å². The standard InChI is InChI=1S/C4H5I3O/c5-3(1-2-8)4(6)7/h8H,1-2H2. The molecule has 0 bridgehead atoms. The lowest BCUT2D eigenvalue weighted by molar-refractivity contribution is 0.302. The van der Waals surface area contributed by atoms with Crippen LogP contribution in [0.4, 0.5) is 0 Å². The van der Waals surface area contributed by atoms with E-state index in [1.54, 1.807) is 0 Å². The molecule has 0 fully saturated rings. The van der Waals surface area contributed by atoms with E-state index in [1.807, 2.05) is 0 Å². The predicted octanol–water partition coefficient (Wildman–Crippen LogP) is 2.84. The maximum atomic E-state index is 8.44. The molecule has 0 unspecified atom stereocenters. The molecule has 0 rings (SSSR count). The Morgan fingerprint density at radius 3 is 1.88 bits per heavy atom. The topological polar surface area (TPSA) is 20.2 Å². The van der Waals surface area contributed by atoms with Crippen LogP contribution in [0, 0.1) is 0 Å². The van der Waals surface area contributed by atoms with E-state index < -0.39 is 0 Å². The Morgan fingerprint density at radius 1 is 1.25 bits per heavy atom. The molecular weight excluding hydrogens is 445 g/mol. The van der Waals surface area contributed by atoms with Crippen LogP contribution < -0.4 is 0 Å². The van der Waals surface area contributed by atoms with Crippen LogP contribution in [0.5, 0.6) is 0 Å². The second-order valence-electron chi connectivity index (χ2n) is 1.14. The van der Waals surface area contributed by atoms with Gasteiger partial charge in [0.25, 0.3) is 0 Å². The van der Waals surface area contributed by atoms with Gasteiger partial charge < -0.3 is 5.11 Å². The number of hydrogen-bond acceptors (Lipinski definition) is 1. The molecule has 0 aromatic rings. The lowest BCUT2D eigenvalue weighted by atomic mass is 10.5. The molecule has 0 aromatic carbocycles. The van der Waals surface area contributed by atoms with Crippen LogP contribution in [0.2, 0.25) is 0 Å². The van der Waals surface area contributed by atoms with Crippen LogP contribution in [0.25, 0.3) is 0 Å². The molecule has 0 aliphatic heterocycles. The molecule has 0 spiro atoms. The maximum Gasteiger partial charge on any atom is 0.0607 e. The summed E-state index contributed by atoms with van der Waals surface area (Å²) in [5.74, 6) is 0. The van der Waals surface area contributed by atoms with Gasteiger partial charge in [-0.05, 0) is 67.8 Å². The zero-order valence-corrected chi connectivity index (χ0v) is 10.5. The number of aliphatic hydroxyl groups is 1. The third-order valence-electron chi connectivity index (χ3n) is 0.536. The van der Waals surface area contributed by atoms with Crippen molar-refractivity contribution in [2.24, 2.45) is 0 Å². The van der Waals surface area contributed by atoms with Crippen molar-refractivity contribution in [1.82, 2.24) is 0 Å². The van der Waals surface area contributed by atoms with Crippen molar-refractivity contribution < 1.29 is 5.11 Å². The summed E-state index contributed by atoms with van der Waals surface area (Å²) in [7, 11) is 0. The molecule has 4 heteroatoms. The third kappa shape index (κ3) is 4.74. The van der Waals surface area contributed by atoms with Crippen LogP contribution in [0.3, 0.4) is 0 Å². The summed E-state index contributed by atoms with van der Waals surface area (Å²) in [6, 6.07) is 0. The van der Waals surface area contributed by atoms with Crippen LogP contribution in [0.1, 0.15) is 6.42 Å². The van der Waals surface area contributed by atoms with Gasteiger partial charge in [0, 0.05) is 16.6 Å². The fraction of sp³-hybridized carbons (Fsp3) is 0.500. The molecule has 0 amide bonds. The van der Waals surface area contributed by atoms with E-state index in [0.29, 0.717) is 0 Å². The number of rotatable bonds is 2. The Bertz CT molecular complexity index is 95.5. The third-order valence-corrected chi connectivity index (χ3v) is 4.98. The van der Waals surface area contributed by atoms with E-state index in [9.17, 15) is 0 Å². The summed E-state index contributed by atoms with van der Waals surface area (Å²) in [6.45, 7) is 0.258. The minimum absolute atomic E-state index is 0.258. The second kappa shape index (κ2) is 5.66. The highest BCUT2D eigenvalue weighted by atomic mass is 127. The minimum Gasteiger partial charge on any atom is -0.396 e. The molecule has 1 nitrogen and oxygen atoms in total. The molecule has 0 aliphatic rings. The zero-order chi connectivity index (χ0) is 6.57. The zero-order valence-electron chi connectivity index (χ0n) is 4.00. The van der Waals surface area contributed by atoms with Gasteiger partial charge in [0.1, 0.15) is 0 Å². The van der Waals surface area contributed by atoms with E-state index in [4.69, 9.17) is 5.11 Å². The van der Waals surface area contributed by atoms with Crippen LogP contribution in [-0.2, 0) is 0 Å². The van der Waals surface area contributed by atoms with Crippen LogP contribution in [0.15, 0.2) is 5.17 Å². The largest absolute Gasteiger partial charge is 0.396 e. The van der Waals surface area contributed by atoms with Crippen LogP contribution >= 0.6 is 67.8 Å². The summed E-state index contributed by atoms with van der Waals surface area (Å²) in [5, 5.41) is 8.44. The Kier molecular flexibility index (Phi) is 6.99. The SMILES string of the molecule is OCCC(I)=C(I)I. The predicted molar refractivity (Wildman–Crippen MR) is 60.8 cm³/mol. The molecule has 0 aromatic heterocycles. The summed E-state index contributed by atoms with van der Waals surface area (Å²) >= 11 is 6.72. The lowest BCUT2D eigenvalue weighted by Gasteiger charge is -1.92. The van der Waals surface area contributed by atoms with Crippen molar-refractivity contribution in [2.75, 3.05) is 6.61 Å². The number of aliphatic hydroxyl groups excluding tert-OH is 1. The number of hydrogen-bond donors (Lipinski definition) is 1. The van der Waals surface area contributed by atoms with Crippen LogP contribution in [-0.4, -0.2) is 11.7 Å². The average molecular weight is 450 g/mol. The fourth-order valence-corrected chi connectivity index (χ4v) is 0.973. The van der Waals surface area contributed by atoms with E-state index in [-0.39, 0.29) is 6.61 Å². The highest BCUT2D eigenvalue weighted by Crippen LogP contribution is 2.26. The van der Waals surface area contributed by atoms with Crippen molar-refractivity contribution in [3.63, 3.8) is 0 Å². The molecule has 8 heavy (non-hydrogen) atoms. The van der Waals surface area contributed by atoms with Gasteiger partial charge in [-0.3, -0.25) is 0 Å². The second-order valence-corrected chi connectivity index (χ2v) is 6.66.